The summed E-state index contributed by atoms with van der Waals surface area (Å²) >= 11 is 0. The number of allylic oxidation sites excluding steroid dienone is 1. The molecule has 1 fully saturated rings. The third kappa shape index (κ3) is 3.10. The molecule has 2 rings (SSSR count). The van der Waals surface area contributed by atoms with Crippen LogP contribution >= 0.6 is 0 Å². The number of ether oxygens (including phenoxy) is 1. The van der Waals surface area contributed by atoms with Crippen LogP contribution < -0.4 is 0 Å². The Morgan fingerprint density at radius 1 is 1.22 bits per heavy atom. The molecule has 0 bridgehead atoms. The Labute approximate surface area is 110 Å². The Kier molecular flexibility index (Phi) is 3.71. The van der Waals surface area contributed by atoms with Crippen LogP contribution in [0.5, 0.6) is 0 Å². The van der Waals surface area contributed by atoms with Gasteiger partial charge in [-0.05, 0) is 17.2 Å². The molecular formula is C15H20O2Si. The minimum Gasteiger partial charge on any atom is -0.462 e. The molecule has 96 valence electrons. The van der Waals surface area contributed by atoms with E-state index in [1.54, 1.807) is 0 Å². The summed E-state index contributed by atoms with van der Waals surface area (Å²) in [4.78, 5) is 11.8. The molecule has 0 aliphatic carbocycles. The van der Waals surface area contributed by atoms with Gasteiger partial charge >= 0.3 is 5.97 Å². The van der Waals surface area contributed by atoms with Crippen molar-refractivity contribution >= 4 is 19.6 Å². The summed E-state index contributed by atoms with van der Waals surface area (Å²) in [5.41, 5.74) is 3.27. The average molecular weight is 260 g/mol. The zero-order valence-corrected chi connectivity index (χ0v) is 12.3. The summed E-state index contributed by atoms with van der Waals surface area (Å²) in [5, 5.41) is 0. The summed E-state index contributed by atoms with van der Waals surface area (Å²) in [6.45, 7) is 7.53. The van der Waals surface area contributed by atoms with Gasteiger partial charge in [0.1, 0.15) is 0 Å². The number of carbonyl (C=O) groups excluding carboxylic acids is 1. The second-order valence-electron chi connectivity index (χ2n) is 5.95. The summed E-state index contributed by atoms with van der Waals surface area (Å²) in [5.74, 6) is -0.118. The molecule has 1 aliphatic rings. The van der Waals surface area contributed by atoms with Gasteiger partial charge < -0.3 is 4.74 Å². The van der Waals surface area contributed by atoms with Gasteiger partial charge in [0.2, 0.25) is 0 Å². The van der Waals surface area contributed by atoms with Crippen LogP contribution in [-0.4, -0.2) is 20.7 Å². The molecule has 0 radical (unpaired) electrons. The summed E-state index contributed by atoms with van der Waals surface area (Å²) in [6.07, 6.45) is 0.757. The molecular weight excluding hydrogens is 240 g/mol. The highest BCUT2D eigenvalue weighted by atomic mass is 28.3. The molecule has 1 aromatic rings. The monoisotopic (exact) mass is 260 g/mol. The van der Waals surface area contributed by atoms with E-state index in [1.807, 2.05) is 18.2 Å². The van der Waals surface area contributed by atoms with Crippen molar-refractivity contribution in [2.24, 2.45) is 0 Å². The number of rotatable bonds is 3. The van der Waals surface area contributed by atoms with Crippen LogP contribution in [0.25, 0.3) is 5.57 Å². The van der Waals surface area contributed by atoms with Crippen molar-refractivity contribution in [1.82, 2.24) is 0 Å². The zero-order valence-electron chi connectivity index (χ0n) is 11.3. The van der Waals surface area contributed by atoms with Crippen LogP contribution in [0.4, 0.5) is 0 Å². The number of cyclic esters (lactones) is 1. The first-order valence-electron chi connectivity index (χ1n) is 6.42. The lowest BCUT2D eigenvalue weighted by Crippen LogP contribution is -2.20. The summed E-state index contributed by atoms with van der Waals surface area (Å²) < 4.78 is 5.10. The van der Waals surface area contributed by atoms with Crippen LogP contribution in [0, 0.1) is 0 Å². The van der Waals surface area contributed by atoms with E-state index in [-0.39, 0.29) is 5.97 Å². The number of hydrogen-bond donors (Lipinski definition) is 0. The van der Waals surface area contributed by atoms with Crippen molar-refractivity contribution in [3.8, 4) is 0 Å². The minimum absolute atomic E-state index is 0.118. The first-order valence-corrected chi connectivity index (χ1v) is 10.1. The van der Waals surface area contributed by atoms with Gasteiger partial charge in [0.25, 0.3) is 0 Å². The number of esters is 1. The van der Waals surface area contributed by atoms with E-state index in [0.717, 1.165) is 18.0 Å². The van der Waals surface area contributed by atoms with Crippen molar-refractivity contribution in [3.63, 3.8) is 0 Å². The molecule has 0 saturated carbocycles. The molecule has 1 aliphatic heterocycles. The highest BCUT2D eigenvalue weighted by Crippen LogP contribution is 2.32. The van der Waals surface area contributed by atoms with Gasteiger partial charge in [-0.15, -0.1) is 0 Å². The fourth-order valence-electron chi connectivity index (χ4n) is 2.26. The van der Waals surface area contributed by atoms with Crippen molar-refractivity contribution in [3.05, 3.63) is 41.5 Å². The average Bonchev–Trinajstić information content (AvgIpc) is 2.72. The maximum absolute atomic E-state index is 11.8. The Bertz CT molecular complexity index is 469. The quantitative estimate of drug-likeness (QED) is 0.470. The van der Waals surface area contributed by atoms with Crippen LogP contribution in [0.2, 0.25) is 25.7 Å². The normalized spacial score (nSPS) is 18.7. The van der Waals surface area contributed by atoms with Crippen molar-refractivity contribution in [1.29, 1.82) is 0 Å². The second kappa shape index (κ2) is 5.10. The molecule has 0 unspecified atom stereocenters. The fraction of sp³-hybridized carbons (Fsp3) is 0.400. The van der Waals surface area contributed by atoms with E-state index >= 15 is 0 Å². The van der Waals surface area contributed by atoms with Gasteiger partial charge in [-0.25, -0.2) is 4.79 Å². The predicted molar refractivity (Wildman–Crippen MR) is 77.1 cm³/mol. The van der Waals surface area contributed by atoms with Gasteiger partial charge in [-0.2, -0.15) is 0 Å². The predicted octanol–water partition coefficient (Wildman–Crippen LogP) is 3.73. The highest BCUT2D eigenvalue weighted by molar-refractivity contribution is 6.77. The third-order valence-corrected chi connectivity index (χ3v) is 4.44. The smallest absolute Gasteiger partial charge is 0.334 e. The molecule has 0 amide bonds. The van der Waals surface area contributed by atoms with Gasteiger partial charge in [0.15, 0.2) is 0 Å². The topological polar surface area (TPSA) is 26.3 Å². The van der Waals surface area contributed by atoms with E-state index in [9.17, 15) is 4.79 Å². The van der Waals surface area contributed by atoms with Gasteiger partial charge in [0.05, 0.1) is 6.61 Å². The largest absolute Gasteiger partial charge is 0.462 e. The van der Waals surface area contributed by atoms with E-state index in [1.165, 1.54) is 11.1 Å². The highest BCUT2D eigenvalue weighted by Gasteiger charge is 2.26. The second-order valence-corrected chi connectivity index (χ2v) is 11.4. The molecule has 0 atom stereocenters. The Hall–Kier alpha value is -1.35. The van der Waals surface area contributed by atoms with Crippen LogP contribution in [0.3, 0.4) is 0 Å². The molecule has 3 heteroatoms. The van der Waals surface area contributed by atoms with Crippen LogP contribution in [0.1, 0.15) is 12.0 Å². The number of carbonyl (C=O) groups is 1. The SMILES string of the molecule is C[Si](C)(C)CC(=C1CCOC1=O)c1ccccc1. The van der Waals surface area contributed by atoms with Crippen molar-refractivity contribution in [2.45, 2.75) is 32.1 Å². The fourth-order valence-corrected chi connectivity index (χ4v) is 3.74. The van der Waals surface area contributed by atoms with E-state index in [2.05, 4.69) is 31.8 Å². The Morgan fingerprint density at radius 3 is 2.39 bits per heavy atom. The molecule has 1 saturated heterocycles. The van der Waals surface area contributed by atoms with E-state index < -0.39 is 8.07 Å². The lowest BCUT2D eigenvalue weighted by Gasteiger charge is -2.20. The minimum atomic E-state index is -1.27. The molecule has 2 nitrogen and oxygen atoms in total. The molecule has 1 aromatic carbocycles. The lowest BCUT2D eigenvalue weighted by atomic mass is 10.0. The summed E-state index contributed by atoms with van der Waals surface area (Å²) in [7, 11) is -1.27. The summed E-state index contributed by atoms with van der Waals surface area (Å²) in [6, 6.07) is 11.3. The van der Waals surface area contributed by atoms with E-state index in [4.69, 9.17) is 4.74 Å². The molecule has 0 N–H and O–H groups in total. The molecule has 0 spiro atoms. The number of hydrogen-bond acceptors (Lipinski definition) is 2. The van der Waals surface area contributed by atoms with Crippen molar-refractivity contribution < 1.29 is 9.53 Å². The zero-order chi connectivity index (χ0) is 13.2. The Morgan fingerprint density at radius 2 is 1.89 bits per heavy atom. The maximum Gasteiger partial charge on any atom is 0.334 e. The first-order chi connectivity index (χ1) is 8.47. The third-order valence-electron chi connectivity index (χ3n) is 3.03. The lowest BCUT2D eigenvalue weighted by molar-refractivity contribution is -0.135. The van der Waals surface area contributed by atoms with Gasteiger partial charge in [-0.1, -0.05) is 50.0 Å². The van der Waals surface area contributed by atoms with Crippen LogP contribution in [-0.2, 0) is 9.53 Å². The van der Waals surface area contributed by atoms with Crippen LogP contribution in [0.15, 0.2) is 35.9 Å². The molecule has 0 aromatic heterocycles. The molecule has 18 heavy (non-hydrogen) atoms. The Balaban J connectivity index is 2.45. The number of benzene rings is 1. The van der Waals surface area contributed by atoms with E-state index in [0.29, 0.717) is 6.61 Å². The van der Waals surface area contributed by atoms with Crippen molar-refractivity contribution in [2.75, 3.05) is 6.61 Å². The standard InChI is InChI=1S/C15H20O2Si/c1-18(2,3)11-14(12-7-5-4-6-8-12)13-9-10-17-15(13)16/h4-8H,9-11H2,1-3H3. The maximum atomic E-state index is 11.8. The van der Waals surface area contributed by atoms with Gasteiger partial charge in [0, 0.05) is 20.1 Å². The van der Waals surface area contributed by atoms with Gasteiger partial charge in [-0.3, -0.25) is 0 Å². The molecule has 1 heterocycles. The first kappa shape index (κ1) is 13.1.